The average molecular weight is 457 g/mol. The van der Waals surface area contributed by atoms with Crippen LogP contribution < -0.4 is 0 Å². The number of carboxylic acid groups (broad SMARTS) is 1. The summed E-state index contributed by atoms with van der Waals surface area (Å²) in [5.74, 6) is -1.30. The second kappa shape index (κ2) is 9.74. The number of carboxylic acids is 1. The summed E-state index contributed by atoms with van der Waals surface area (Å²) in [6.07, 6.45) is 0.623. The summed E-state index contributed by atoms with van der Waals surface area (Å²) in [4.78, 5) is 40.9. The molecule has 1 unspecified atom stereocenters. The van der Waals surface area contributed by atoms with Gasteiger partial charge < -0.3 is 14.9 Å². The Balaban J connectivity index is 1.76. The number of benzene rings is 2. The molecule has 0 bridgehead atoms. The lowest BCUT2D eigenvalue weighted by Gasteiger charge is -2.51. The van der Waals surface area contributed by atoms with Gasteiger partial charge in [-0.25, -0.2) is 0 Å². The van der Waals surface area contributed by atoms with Gasteiger partial charge in [0.05, 0.1) is 12.8 Å². The van der Waals surface area contributed by atoms with Crippen LogP contribution in [0.3, 0.4) is 0 Å². The molecule has 32 heavy (non-hydrogen) atoms. The molecular weight excluding hydrogens is 428 g/mol. The van der Waals surface area contributed by atoms with Gasteiger partial charge in [-0.3, -0.25) is 14.4 Å². The van der Waals surface area contributed by atoms with Crippen molar-refractivity contribution in [3.05, 3.63) is 69.7 Å². The molecule has 2 amide bonds. The molecule has 1 heterocycles. The zero-order valence-corrected chi connectivity index (χ0v) is 19.5. The molecule has 1 aliphatic rings. The molecule has 6 nitrogen and oxygen atoms in total. The summed E-state index contributed by atoms with van der Waals surface area (Å²) in [5, 5.41) is 9.74. The third-order valence-corrected chi connectivity index (χ3v) is 6.24. The van der Waals surface area contributed by atoms with Gasteiger partial charge in [0, 0.05) is 24.7 Å². The third kappa shape index (κ3) is 5.49. The molecule has 170 valence electrons. The van der Waals surface area contributed by atoms with Crippen LogP contribution in [0.1, 0.15) is 42.0 Å². The van der Waals surface area contributed by atoms with Crippen LogP contribution in [-0.4, -0.2) is 51.3 Å². The van der Waals surface area contributed by atoms with Crippen molar-refractivity contribution in [3.63, 3.8) is 0 Å². The molecule has 1 atom stereocenters. The molecule has 0 spiro atoms. The van der Waals surface area contributed by atoms with Crippen LogP contribution in [0.15, 0.2) is 42.5 Å². The van der Waals surface area contributed by atoms with E-state index in [1.54, 1.807) is 24.0 Å². The van der Waals surface area contributed by atoms with E-state index < -0.39 is 11.5 Å². The largest absolute Gasteiger partial charge is 0.481 e. The lowest BCUT2D eigenvalue weighted by atomic mass is 9.84. The number of nitrogens with zero attached hydrogens (tertiary/aromatic N) is 2. The number of amides is 2. The molecule has 0 radical (unpaired) electrons. The number of rotatable bonds is 8. The van der Waals surface area contributed by atoms with Gasteiger partial charge >= 0.3 is 5.97 Å². The minimum atomic E-state index is -0.972. The van der Waals surface area contributed by atoms with Crippen LogP contribution in [0.2, 0.25) is 5.02 Å². The lowest BCUT2D eigenvalue weighted by molar-refractivity contribution is -0.164. The predicted octanol–water partition coefficient (Wildman–Crippen LogP) is 3.99. The van der Waals surface area contributed by atoms with Crippen molar-refractivity contribution >= 4 is 29.4 Å². The molecule has 1 fully saturated rings. The number of carbonyl (C=O) groups excluding carboxylic acids is 2. The first-order valence-corrected chi connectivity index (χ1v) is 11.1. The van der Waals surface area contributed by atoms with E-state index in [9.17, 15) is 14.4 Å². The Kier molecular flexibility index (Phi) is 7.24. The smallest absolute Gasteiger partial charge is 0.305 e. The molecule has 2 aromatic rings. The first-order valence-electron chi connectivity index (χ1n) is 10.7. The van der Waals surface area contributed by atoms with Crippen LogP contribution >= 0.6 is 11.6 Å². The van der Waals surface area contributed by atoms with Crippen LogP contribution in [0, 0.1) is 13.8 Å². The second-order valence-corrected chi connectivity index (χ2v) is 9.18. The van der Waals surface area contributed by atoms with Crippen molar-refractivity contribution in [2.75, 3.05) is 13.1 Å². The van der Waals surface area contributed by atoms with E-state index in [0.29, 0.717) is 18.0 Å². The maximum absolute atomic E-state index is 13.5. The first-order chi connectivity index (χ1) is 15.1. The summed E-state index contributed by atoms with van der Waals surface area (Å²) >= 11 is 5.96. The Bertz CT molecular complexity index is 1000. The fraction of sp³-hybridized carbons (Fsp3) is 0.400. The fourth-order valence-corrected chi connectivity index (χ4v) is 4.38. The van der Waals surface area contributed by atoms with Crippen molar-refractivity contribution in [2.45, 2.75) is 52.1 Å². The summed E-state index contributed by atoms with van der Waals surface area (Å²) in [5.41, 5.74) is 3.00. The monoisotopic (exact) mass is 456 g/mol. The van der Waals surface area contributed by atoms with Gasteiger partial charge in [-0.15, -0.1) is 0 Å². The van der Waals surface area contributed by atoms with Gasteiger partial charge in [0.25, 0.3) is 0 Å². The summed E-state index contributed by atoms with van der Waals surface area (Å²) in [7, 11) is 0. The van der Waals surface area contributed by atoms with Crippen molar-refractivity contribution in [1.82, 2.24) is 9.80 Å². The Morgan fingerprint density at radius 1 is 1.06 bits per heavy atom. The number of halogens is 1. The molecular formula is C25H29ClN2O4. The standard InChI is InChI=1S/C25H29ClN2O4/c1-17-12-18(2)14-20(13-17)15-22(29)28-11-9-25(28,3)24(32)27(10-8-23(30)31)16-19-4-6-21(26)7-5-19/h4-7,12-14H,8-11,15-16H2,1-3H3,(H,30,31). The number of hydrogen-bond acceptors (Lipinski definition) is 3. The van der Waals surface area contributed by atoms with Gasteiger partial charge in [-0.1, -0.05) is 53.1 Å². The van der Waals surface area contributed by atoms with Gasteiger partial charge in [0.1, 0.15) is 5.54 Å². The molecule has 0 aromatic heterocycles. The van der Waals surface area contributed by atoms with Gasteiger partial charge in [-0.05, 0) is 50.5 Å². The van der Waals surface area contributed by atoms with Crippen molar-refractivity contribution in [2.24, 2.45) is 0 Å². The van der Waals surface area contributed by atoms with Gasteiger partial charge in [-0.2, -0.15) is 0 Å². The maximum Gasteiger partial charge on any atom is 0.305 e. The van der Waals surface area contributed by atoms with E-state index in [1.165, 1.54) is 4.90 Å². The minimum Gasteiger partial charge on any atom is -0.481 e. The van der Waals surface area contributed by atoms with Crippen molar-refractivity contribution < 1.29 is 19.5 Å². The van der Waals surface area contributed by atoms with Crippen LogP contribution in [0.5, 0.6) is 0 Å². The lowest BCUT2D eigenvalue weighted by Crippen LogP contribution is -2.68. The summed E-state index contributed by atoms with van der Waals surface area (Å²) in [6.45, 7) is 6.61. The SMILES string of the molecule is Cc1cc(C)cc(CC(=O)N2CCC2(C)C(=O)N(CCC(=O)O)Cc2ccc(Cl)cc2)c1. The van der Waals surface area contributed by atoms with E-state index in [4.69, 9.17) is 16.7 Å². The molecule has 2 aromatic carbocycles. The van der Waals surface area contributed by atoms with E-state index in [1.807, 2.05) is 38.1 Å². The molecule has 0 saturated carbocycles. The van der Waals surface area contributed by atoms with Crippen LogP contribution in [-0.2, 0) is 27.3 Å². The van der Waals surface area contributed by atoms with Crippen molar-refractivity contribution in [1.29, 1.82) is 0 Å². The maximum atomic E-state index is 13.5. The van der Waals surface area contributed by atoms with E-state index in [-0.39, 0.29) is 37.7 Å². The van der Waals surface area contributed by atoms with Crippen LogP contribution in [0.25, 0.3) is 0 Å². The zero-order chi connectivity index (χ0) is 23.5. The molecule has 1 saturated heterocycles. The number of hydrogen-bond donors (Lipinski definition) is 1. The highest BCUT2D eigenvalue weighted by molar-refractivity contribution is 6.30. The first kappa shape index (κ1) is 23.8. The Morgan fingerprint density at radius 2 is 1.69 bits per heavy atom. The Labute approximate surface area is 193 Å². The zero-order valence-electron chi connectivity index (χ0n) is 18.7. The topological polar surface area (TPSA) is 77.9 Å². The van der Waals surface area contributed by atoms with E-state index >= 15 is 0 Å². The number of aliphatic carboxylic acids is 1. The highest BCUT2D eigenvalue weighted by Crippen LogP contribution is 2.34. The van der Waals surface area contributed by atoms with E-state index in [2.05, 4.69) is 6.07 Å². The molecule has 3 rings (SSSR count). The van der Waals surface area contributed by atoms with Gasteiger partial charge in [0.15, 0.2) is 0 Å². The summed E-state index contributed by atoms with van der Waals surface area (Å²) in [6, 6.07) is 13.1. The number of carbonyl (C=O) groups is 3. The quantitative estimate of drug-likeness (QED) is 0.651. The average Bonchev–Trinajstić information content (AvgIpc) is 2.69. The number of aryl methyl sites for hydroxylation is 2. The molecule has 1 N–H and O–H groups in total. The fourth-order valence-electron chi connectivity index (χ4n) is 4.26. The number of likely N-dealkylation sites (tertiary alicyclic amines) is 1. The predicted molar refractivity (Wildman–Crippen MR) is 123 cm³/mol. The normalized spacial score (nSPS) is 17.6. The summed E-state index contributed by atoms with van der Waals surface area (Å²) < 4.78 is 0. The van der Waals surface area contributed by atoms with Gasteiger partial charge in [0.2, 0.25) is 11.8 Å². The highest BCUT2D eigenvalue weighted by atomic mass is 35.5. The molecule has 1 aliphatic heterocycles. The molecule has 7 heteroatoms. The Hall–Kier alpha value is -2.86. The second-order valence-electron chi connectivity index (χ2n) is 8.74. The highest BCUT2D eigenvalue weighted by Gasteiger charge is 2.50. The van der Waals surface area contributed by atoms with Crippen molar-refractivity contribution in [3.8, 4) is 0 Å². The minimum absolute atomic E-state index is 0.0749. The van der Waals surface area contributed by atoms with Crippen LogP contribution in [0.4, 0.5) is 0 Å². The molecule has 0 aliphatic carbocycles. The Morgan fingerprint density at radius 3 is 2.22 bits per heavy atom. The van der Waals surface area contributed by atoms with E-state index in [0.717, 1.165) is 22.3 Å². The third-order valence-electron chi connectivity index (χ3n) is 5.99.